The summed E-state index contributed by atoms with van der Waals surface area (Å²) in [4.78, 5) is 27.8. The van der Waals surface area contributed by atoms with E-state index in [0.29, 0.717) is 39.0 Å². The molecule has 3 N–H and O–H groups in total. The molecule has 0 aliphatic heterocycles. The number of carbonyl (C=O) groups excluding carboxylic acids is 1. The van der Waals surface area contributed by atoms with Crippen molar-refractivity contribution < 1.29 is 23.5 Å². The number of benzene rings is 4. The molecule has 0 spiro atoms. The van der Waals surface area contributed by atoms with Crippen molar-refractivity contribution in [2.75, 3.05) is 0 Å². The summed E-state index contributed by atoms with van der Waals surface area (Å²) in [7, 11) is 0. The van der Waals surface area contributed by atoms with Crippen LogP contribution in [0.4, 0.5) is 8.78 Å². The number of hydrogen-bond acceptors (Lipinski definition) is 2. The van der Waals surface area contributed by atoms with Crippen LogP contribution in [0.5, 0.6) is 0 Å². The average Bonchev–Trinajstić information content (AvgIpc) is 3.29. The first-order valence-corrected chi connectivity index (χ1v) is 12.1. The summed E-state index contributed by atoms with van der Waals surface area (Å²) in [5.74, 6) is -2.86. The summed E-state index contributed by atoms with van der Waals surface area (Å²) < 4.78 is 28.0. The van der Waals surface area contributed by atoms with Gasteiger partial charge in [0, 0.05) is 40.3 Å². The van der Waals surface area contributed by atoms with Gasteiger partial charge in [-0.3, -0.25) is 4.79 Å². The van der Waals surface area contributed by atoms with E-state index in [1.54, 1.807) is 30.3 Å². The Morgan fingerprint density at radius 2 is 1.58 bits per heavy atom. The maximum absolute atomic E-state index is 14.0. The molecule has 0 unspecified atom stereocenters. The molecule has 1 heterocycles. The summed E-state index contributed by atoms with van der Waals surface area (Å²) in [6, 6.07) is 20.2. The zero-order chi connectivity index (χ0) is 26.8. The van der Waals surface area contributed by atoms with Crippen LogP contribution in [0.1, 0.15) is 37.4 Å². The van der Waals surface area contributed by atoms with Crippen LogP contribution in [0.25, 0.3) is 22.0 Å². The van der Waals surface area contributed by atoms with E-state index in [9.17, 15) is 18.4 Å². The van der Waals surface area contributed by atoms with Gasteiger partial charge in [0.15, 0.2) is 0 Å². The van der Waals surface area contributed by atoms with E-state index in [-0.39, 0.29) is 18.0 Å². The van der Waals surface area contributed by atoms with E-state index < -0.39 is 17.6 Å². The van der Waals surface area contributed by atoms with Gasteiger partial charge in [0.05, 0.1) is 5.56 Å². The van der Waals surface area contributed by atoms with Crippen molar-refractivity contribution in [3.05, 3.63) is 130 Å². The maximum Gasteiger partial charge on any atom is 0.335 e. The third-order valence-electron chi connectivity index (χ3n) is 6.24. The number of carboxylic acid groups (broad SMARTS) is 1. The molecule has 0 aliphatic carbocycles. The third kappa shape index (κ3) is 5.43. The molecule has 5 rings (SSSR count). The molecule has 1 aromatic heterocycles. The minimum absolute atomic E-state index is 0.148. The highest BCUT2D eigenvalue weighted by atomic mass is 35.5. The highest BCUT2D eigenvalue weighted by Gasteiger charge is 2.18. The van der Waals surface area contributed by atoms with Crippen LogP contribution >= 0.6 is 11.6 Å². The van der Waals surface area contributed by atoms with Crippen LogP contribution in [0, 0.1) is 11.6 Å². The number of fused-ring (bicyclic) bond motifs is 1. The van der Waals surface area contributed by atoms with Crippen molar-refractivity contribution in [3.8, 4) is 11.1 Å². The Balaban J connectivity index is 1.54. The van der Waals surface area contributed by atoms with Gasteiger partial charge in [-0.1, -0.05) is 35.9 Å². The molecule has 0 bridgehead atoms. The molecule has 38 heavy (non-hydrogen) atoms. The Labute approximate surface area is 221 Å². The van der Waals surface area contributed by atoms with Crippen LogP contribution in [-0.4, -0.2) is 22.0 Å². The summed E-state index contributed by atoms with van der Waals surface area (Å²) in [5, 5.41) is 13.3. The number of rotatable bonds is 7. The minimum atomic E-state index is -1.03. The highest BCUT2D eigenvalue weighted by molar-refractivity contribution is 6.30. The minimum Gasteiger partial charge on any atom is -0.478 e. The first-order chi connectivity index (χ1) is 18.3. The number of carboxylic acids is 1. The Kier molecular flexibility index (Phi) is 6.94. The second kappa shape index (κ2) is 10.5. The van der Waals surface area contributed by atoms with Crippen LogP contribution in [0.15, 0.2) is 85.1 Å². The van der Waals surface area contributed by atoms with Crippen molar-refractivity contribution in [2.45, 2.75) is 13.0 Å². The van der Waals surface area contributed by atoms with E-state index in [0.717, 1.165) is 22.8 Å². The quantitative estimate of drug-likeness (QED) is 0.212. The zero-order valence-electron chi connectivity index (χ0n) is 19.9. The van der Waals surface area contributed by atoms with Crippen molar-refractivity contribution in [3.63, 3.8) is 0 Å². The molecule has 8 heteroatoms. The number of halogens is 3. The Hall–Kier alpha value is -4.49. The Bertz CT molecular complexity index is 1660. The first kappa shape index (κ1) is 25.2. The topological polar surface area (TPSA) is 82.2 Å². The van der Waals surface area contributed by atoms with E-state index in [1.807, 2.05) is 24.4 Å². The van der Waals surface area contributed by atoms with Crippen molar-refractivity contribution in [1.82, 2.24) is 10.3 Å². The lowest BCUT2D eigenvalue weighted by Crippen LogP contribution is -2.23. The fourth-order valence-corrected chi connectivity index (χ4v) is 4.67. The molecule has 0 fully saturated rings. The van der Waals surface area contributed by atoms with Crippen LogP contribution < -0.4 is 5.32 Å². The summed E-state index contributed by atoms with van der Waals surface area (Å²) in [5.41, 5.74) is 4.43. The first-order valence-electron chi connectivity index (χ1n) is 11.7. The lowest BCUT2D eigenvalue weighted by Gasteiger charge is -2.12. The molecule has 0 atom stereocenters. The molecule has 0 aliphatic rings. The number of amides is 1. The van der Waals surface area contributed by atoms with Crippen LogP contribution in [0.2, 0.25) is 5.02 Å². The fraction of sp³-hybridized carbons (Fsp3) is 0.0667. The summed E-state index contributed by atoms with van der Waals surface area (Å²) >= 11 is 6.16. The second-order valence-electron chi connectivity index (χ2n) is 8.91. The molecule has 1 amide bonds. The summed E-state index contributed by atoms with van der Waals surface area (Å²) in [6.07, 6.45) is 2.31. The molecular weight excluding hydrogens is 510 g/mol. The van der Waals surface area contributed by atoms with Gasteiger partial charge in [-0.05, 0) is 82.8 Å². The van der Waals surface area contributed by atoms with Gasteiger partial charge >= 0.3 is 5.97 Å². The normalized spacial score (nSPS) is 11.0. The lowest BCUT2D eigenvalue weighted by atomic mass is 9.95. The highest BCUT2D eigenvalue weighted by Crippen LogP contribution is 2.32. The van der Waals surface area contributed by atoms with E-state index in [1.165, 1.54) is 24.3 Å². The number of aromatic nitrogens is 1. The Morgan fingerprint density at radius 1 is 0.868 bits per heavy atom. The molecule has 5 nitrogen and oxygen atoms in total. The average molecular weight is 531 g/mol. The summed E-state index contributed by atoms with van der Waals surface area (Å²) in [6.45, 7) is 0.160. The van der Waals surface area contributed by atoms with Gasteiger partial charge in [-0.25, -0.2) is 13.6 Å². The van der Waals surface area contributed by atoms with Crippen LogP contribution in [0.3, 0.4) is 0 Å². The number of carbonyl (C=O) groups is 2. The molecular formula is C30H21ClF2N2O3. The molecule has 0 saturated heterocycles. The number of hydrogen-bond donors (Lipinski definition) is 3. The predicted molar refractivity (Wildman–Crippen MR) is 142 cm³/mol. The number of nitrogens with one attached hydrogen (secondary N) is 2. The maximum atomic E-state index is 14.0. The predicted octanol–water partition coefficient (Wildman–Crippen LogP) is 6.99. The molecule has 5 aromatic rings. The lowest BCUT2D eigenvalue weighted by molar-refractivity contribution is 0.0696. The third-order valence-corrected chi connectivity index (χ3v) is 6.47. The van der Waals surface area contributed by atoms with Gasteiger partial charge in [0.2, 0.25) is 0 Å². The molecule has 0 saturated carbocycles. The zero-order valence-corrected chi connectivity index (χ0v) is 20.7. The molecule has 190 valence electrons. The molecule has 4 aromatic carbocycles. The van der Waals surface area contributed by atoms with Crippen LogP contribution in [-0.2, 0) is 13.0 Å². The van der Waals surface area contributed by atoms with Crippen molar-refractivity contribution >= 4 is 34.4 Å². The van der Waals surface area contributed by atoms with Gasteiger partial charge in [0.25, 0.3) is 5.91 Å². The van der Waals surface area contributed by atoms with Crippen molar-refractivity contribution in [1.29, 1.82) is 0 Å². The number of H-pyrrole nitrogens is 1. The van der Waals surface area contributed by atoms with Gasteiger partial charge in [-0.2, -0.15) is 0 Å². The van der Waals surface area contributed by atoms with E-state index >= 15 is 0 Å². The van der Waals surface area contributed by atoms with E-state index in [4.69, 9.17) is 16.7 Å². The van der Waals surface area contributed by atoms with E-state index in [2.05, 4.69) is 10.3 Å². The van der Waals surface area contributed by atoms with Gasteiger partial charge in [0.1, 0.15) is 11.6 Å². The van der Waals surface area contributed by atoms with Gasteiger partial charge in [-0.15, -0.1) is 0 Å². The Morgan fingerprint density at radius 3 is 2.26 bits per heavy atom. The largest absolute Gasteiger partial charge is 0.478 e. The number of aromatic amines is 1. The standard InChI is InChI=1S/C30H21ClF2N2O3/c31-23-3-1-2-18(9-23)8-22-16-34-27-13-21(20-10-24(32)14-25(33)11-20)12-26(28(22)27)29(36)35-15-17-4-6-19(7-5-17)30(37)38/h1-7,9-14,16,34H,8,15H2,(H,35,36)(H,37,38). The monoisotopic (exact) mass is 530 g/mol. The number of aromatic carboxylic acids is 1. The SMILES string of the molecule is O=C(O)c1ccc(CNC(=O)c2cc(-c3cc(F)cc(F)c3)cc3[nH]cc(Cc4cccc(Cl)c4)c23)cc1. The fourth-order valence-electron chi connectivity index (χ4n) is 4.45. The van der Waals surface area contributed by atoms with Crippen molar-refractivity contribution in [2.24, 2.45) is 0 Å². The van der Waals surface area contributed by atoms with Gasteiger partial charge < -0.3 is 15.4 Å². The second-order valence-corrected chi connectivity index (χ2v) is 9.35. The molecule has 0 radical (unpaired) electrons. The smallest absolute Gasteiger partial charge is 0.335 e.